The lowest BCUT2D eigenvalue weighted by Gasteiger charge is -2.17. The summed E-state index contributed by atoms with van der Waals surface area (Å²) in [5, 5.41) is 0. The molecule has 0 heterocycles. The van der Waals surface area contributed by atoms with Gasteiger partial charge in [-0.2, -0.15) is 13.2 Å². The van der Waals surface area contributed by atoms with Crippen molar-refractivity contribution in [1.29, 1.82) is 0 Å². The van der Waals surface area contributed by atoms with Gasteiger partial charge in [0, 0.05) is 0 Å². The van der Waals surface area contributed by atoms with Crippen molar-refractivity contribution in [2.24, 2.45) is 0 Å². The Labute approximate surface area is 86.0 Å². The van der Waals surface area contributed by atoms with E-state index in [9.17, 15) is 17.7 Å². The van der Waals surface area contributed by atoms with E-state index in [-0.39, 0.29) is 0 Å². The van der Waals surface area contributed by atoms with Gasteiger partial charge < -0.3 is 4.89 Å². The van der Waals surface area contributed by atoms with Crippen LogP contribution >= 0.6 is 7.82 Å². The number of halogens is 3. The average molecular weight is 250 g/mol. The SMILES string of the molecule is CCCC(C)OP(=O)(O)OCC(F)(F)F. The Bertz CT molecular complexity index is 231. The fourth-order valence-electron chi connectivity index (χ4n) is 0.872. The Hall–Kier alpha value is -0.100. The van der Waals surface area contributed by atoms with E-state index in [1.54, 1.807) is 0 Å². The van der Waals surface area contributed by atoms with Gasteiger partial charge in [-0.05, 0) is 13.3 Å². The molecule has 1 N–H and O–H groups in total. The summed E-state index contributed by atoms with van der Waals surface area (Å²) in [6, 6.07) is 0. The van der Waals surface area contributed by atoms with E-state index in [1.165, 1.54) is 6.92 Å². The van der Waals surface area contributed by atoms with Gasteiger partial charge in [-0.25, -0.2) is 4.57 Å². The van der Waals surface area contributed by atoms with Crippen molar-refractivity contribution in [3.63, 3.8) is 0 Å². The lowest BCUT2D eigenvalue weighted by molar-refractivity contribution is -0.158. The van der Waals surface area contributed by atoms with Crippen LogP contribution in [-0.4, -0.2) is 23.8 Å². The molecule has 0 amide bonds. The summed E-state index contributed by atoms with van der Waals surface area (Å²) in [6.45, 7) is 1.52. The normalized spacial score (nSPS) is 18.5. The Morgan fingerprint density at radius 3 is 2.40 bits per heavy atom. The molecule has 0 aliphatic heterocycles. The number of hydrogen-bond donors (Lipinski definition) is 1. The molecule has 2 atom stereocenters. The molecule has 92 valence electrons. The van der Waals surface area contributed by atoms with Crippen molar-refractivity contribution in [1.82, 2.24) is 0 Å². The molecule has 0 rings (SSSR count). The topological polar surface area (TPSA) is 55.8 Å². The number of rotatable bonds is 6. The zero-order chi connectivity index (χ0) is 12.1. The van der Waals surface area contributed by atoms with Gasteiger partial charge in [0.25, 0.3) is 0 Å². The number of phosphoric acid groups is 1. The molecule has 2 unspecified atom stereocenters. The van der Waals surface area contributed by atoms with Crippen LogP contribution < -0.4 is 0 Å². The van der Waals surface area contributed by atoms with Crippen molar-refractivity contribution in [2.75, 3.05) is 6.61 Å². The van der Waals surface area contributed by atoms with Crippen LogP contribution in [0.25, 0.3) is 0 Å². The number of alkyl halides is 3. The molecule has 8 heteroatoms. The van der Waals surface area contributed by atoms with Gasteiger partial charge in [-0.15, -0.1) is 0 Å². The predicted molar refractivity (Wildman–Crippen MR) is 47.3 cm³/mol. The Morgan fingerprint density at radius 1 is 1.47 bits per heavy atom. The molecule has 0 bridgehead atoms. The van der Waals surface area contributed by atoms with Crippen molar-refractivity contribution in [3.8, 4) is 0 Å². The van der Waals surface area contributed by atoms with Gasteiger partial charge >= 0.3 is 14.0 Å². The fourth-order valence-corrected chi connectivity index (χ4v) is 1.80. The highest BCUT2D eigenvalue weighted by molar-refractivity contribution is 7.47. The minimum absolute atomic E-state index is 0.472. The molecule has 0 aromatic heterocycles. The third-order valence-electron chi connectivity index (χ3n) is 1.40. The molecular weight excluding hydrogens is 236 g/mol. The fraction of sp³-hybridized carbons (Fsp3) is 1.00. The molecule has 0 aliphatic carbocycles. The molecule has 0 aromatic rings. The molecule has 4 nitrogen and oxygen atoms in total. The van der Waals surface area contributed by atoms with Gasteiger partial charge in [-0.3, -0.25) is 9.05 Å². The van der Waals surface area contributed by atoms with E-state index >= 15 is 0 Å². The number of phosphoric ester groups is 1. The predicted octanol–water partition coefficient (Wildman–Crippen LogP) is 2.87. The quantitative estimate of drug-likeness (QED) is 0.736. The third kappa shape index (κ3) is 8.87. The summed E-state index contributed by atoms with van der Waals surface area (Å²) >= 11 is 0. The van der Waals surface area contributed by atoms with Crippen molar-refractivity contribution < 1.29 is 31.7 Å². The molecule has 0 radical (unpaired) electrons. The maximum Gasteiger partial charge on any atom is 0.472 e. The van der Waals surface area contributed by atoms with Crippen molar-refractivity contribution >= 4 is 7.82 Å². The second kappa shape index (κ2) is 5.84. The molecule has 15 heavy (non-hydrogen) atoms. The highest BCUT2D eigenvalue weighted by atomic mass is 31.2. The lowest BCUT2D eigenvalue weighted by atomic mass is 10.2. The molecule has 0 saturated carbocycles. The minimum Gasteiger partial charge on any atom is -0.302 e. The highest BCUT2D eigenvalue weighted by Crippen LogP contribution is 2.46. The van der Waals surface area contributed by atoms with Crippen LogP contribution in [0.15, 0.2) is 0 Å². The van der Waals surface area contributed by atoms with Crippen LogP contribution in [0.2, 0.25) is 0 Å². The summed E-state index contributed by atoms with van der Waals surface area (Å²) < 4.78 is 54.2. The van der Waals surface area contributed by atoms with Crippen LogP contribution in [-0.2, 0) is 13.6 Å². The van der Waals surface area contributed by atoms with Crippen molar-refractivity contribution in [3.05, 3.63) is 0 Å². The first-order valence-electron chi connectivity index (χ1n) is 4.39. The lowest BCUT2D eigenvalue weighted by Crippen LogP contribution is -2.17. The van der Waals surface area contributed by atoms with Gasteiger partial charge in [0.2, 0.25) is 0 Å². The van der Waals surface area contributed by atoms with E-state index in [2.05, 4.69) is 9.05 Å². The van der Waals surface area contributed by atoms with Crippen LogP contribution in [0.4, 0.5) is 13.2 Å². The third-order valence-corrected chi connectivity index (χ3v) is 2.48. The molecule has 0 fully saturated rings. The average Bonchev–Trinajstić information content (AvgIpc) is 1.99. The van der Waals surface area contributed by atoms with Crippen molar-refractivity contribution in [2.45, 2.75) is 39.0 Å². The van der Waals surface area contributed by atoms with E-state index in [1.807, 2.05) is 6.92 Å². The second-order valence-corrected chi connectivity index (χ2v) is 4.47. The van der Waals surface area contributed by atoms with Gasteiger partial charge in [0.15, 0.2) is 6.61 Å². The minimum atomic E-state index is -4.64. The van der Waals surface area contributed by atoms with E-state index < -0.39 is 26.7 Å². The monoisotopic (exact) mass is 250 g/mol. The molecule has 0 saturated heterocycles. The summed E-state index contributed by atoms with van der Waals surface area (Å²) in [4.78, 5) is 8.89. The van der Waals surface area contributed by atoms with Crippen LogP contribution in [0, 0.1) is 0 Å². The molecule has 0 aliphatic rings. The number of hydrogen-bond acceptors (Lipinski definition) is 3. The summed E-state index contributed by atoms with van der Waals surface area (Å²) in [6.07, 6.45) is -4.09. The standard InChI is InChI=1S/C7H14F3O4P/c1-3-4-6(2)14-15(11,12)13-5-7(8,9)10/h6H,3-5H2,1-2H3,(H,11,12). The maximum atomic E-state index is 11.7. The Balaban J connectivity index is 4.02. The van der Waals surface area contributed by atoms with Crippen LogP contribution in [0.5, 0.6) is 0 Å². The van der Waals surface area contributed by atoms with Crippen LogP contribution in [0.3, 0.4) is 0 Å². The summed E-state index contributed by atoms with van der Waals surface area (Å²) in [7, 11) is -4.59. The zero-order valence-electron chi connectivity index (χ0n) is 8.45. The van der Waals surface area contributed by atoms with Gasteiger partial charge in [0.05, 0.1) is 6.10 Å². The first kappa shape index (κ1) is 14.9. The summed E-state index contributed by atoms with van der Waals surface area (Å²) in [5.41, 5.74) is 0. The van der Waals surface area contributed by atoms with E-state index in [0.29, 0.717) is 12.8 Å². The second-order valence-electron chi connectivity index (χ2n) is 3.06. The van der Waals surface area contributed by atoms with Gasteiger partial charge in [-0.1, -0.05) is 13.3 Å². The Morgan fingerprint density at radius 2 is 2.00 bits per heavy atom. The first-order valence-corrected chi connectivity index (χ1v) is 5.88. The Kier molecular flexibility index (Phi) is 5.80. The van der Waals surface area contributed by atoms with E-state index in [4.69, 9.17) is 4.89 Å². The smallest absolute Gasteiger partial charge is 0.302 e. The zero-order valence-corrected chi connectivity index (χ0v) is 9.35. The molecular formula is C7H14F3O4P. The summed E-state index contributed by atoms with van der Waals surface area (Å²) in [5.74, 6) is 0. The van der Waals surface area contributed by atoms with Crippen LogP contribution in [0.1, 0.15) is 26.7 Å². The highest BCUT2D eigenvalue weighted by Gasteiger charge is 2.34. The first-order chi connectivity index (χ1) is 6.66. The van der Waals surface area contributed by atoms with E-state index in [0.717, 1.165) is 0 Å². The van der Waals surface area contributed by atoms with Gasteiger partial charge in [0.1, 0.15) is 0 Å². The molecule has 0 aromatic carbocycles. The molecule has 0 spiro atoms. The maximum absolute atomic E-state index is 11.7. The largest absolute Gasteiger partial charge is 0.472 e.